The van der Waals surface area contributed by atoms with E-state index in [0.29, 0.717) is 6.61 Å². The van der Waals surface area contributed by atoms with Gasteiger partial charge in [-0.05, 0) is 56.5 Å². The quantitative estimate of drug-likeness (QED) is 0.773. The molecule has 2 aliphatic carbocycles. The van der Waals surface area contributed by atoms with E-state index in [1.807, 2.05) is 0 Å². The Morgan fingerprint density at radius 2 is 1.65 bits per heavy atom. The fourth-order valence-electron chi connectivity index (χ4n) is 5.40. The summed E-state index contributed by atoms with van der Waals surface area (Å²) in [5.74, 6) is 2.76. The third-order valence-electron chi connectivity index (χ3n) is 6.81. The molecular formula is C19H33N3O. The Morgan fingerprint density at radius 3 is 2.26 bits per heavy atom. The van der Waals surface area contributed by atoms with E-state index in [2.05, 4.69) is 26.9 Å². The van der Waals surface area contributed by atoms with Crippen molar-refractivity contribution in [1.82, 2.24) is 14.7 Å². The number of aliphatic hydroxyl groups excluding tert-OH is 1. The van der Waals surface area contributed by atoms with E-state index in [9.17, 15) is 0 Å². The van der Waals surface area contributed by atoms with E-state index in [-0.39, 0.29) is 0 Å². The number of hydrogen-bond donors (Lipinski definition) is 1. The third kappa shape index (κ3) is 3.65. The molecule has 0 spiro atoms. The van der Waals surface area contributed by atoms with Crippen molar-refractivity contribution in [3.8, 4) is 0 Å². The van der Waals surface area contributed by atoms with Crippen LogP contribution in [-0.2, 0) is 0 Å². The summed E-state index contributed by atoms with van der Waals surface area (Å²) in [6.07, 6.45) is 10.6. The van der Waals surface area contributed by atoms with Gasteiger partial charge in [0.05, 0.1) is 6.61 Å². The highest BCUT2D eigenvalue weighted by Crippen LogP contribution is 2.43. The topological polar surface area (TPSA) is 30.0 Å². The Kier molecular flexibility index (Phi) is 5.04. The highest BCUT2D eigenvalue weighted by molar-refractivity contribution is 5.10. The van der Waals surface area contributed by atoms with Crippen molar-refractivity contribution in [2.75, 3.05) is 59.0 Å². The molecule has 0 aromatic heterocycles. The Balaban J connectivity index is 1.19. The van der Waals surface area contributed by atoms with E-state index in [1.165, 1.54) is 58.4 Å². The molecule has 2 aliphatic heterocycles. The predicted molar refractivity (Wildman–Crippen MR) is 93.4 cm³/mol. The maximum atomic E-state index is 9.05. The number of allylic oxidation sites excluding steroid dienone is 2. The molecule has 1 N–H and O–H groups in total. The normalized spacial score (nSPS) is 37.0. The number of likely N-dealkylation sites (tertiary alicyclic amines) is 1. The lowest BCUT2D eigenvalue weighted by molar-refractivity contribution is 0.0490. The summed E-state index contributed by atoms with van der Waals surface area (Å²) in [6.45, 7) is 9.78. The smallest absolute Gasteiger partial charge is 0.0558 e. The molecule has 3 unspecified atom stereocenters. The first-order chi connectivity index (χ1) is 11.3. The highest BCUT2D eigenvalue weighted by atomic mass is 16.3. The Labute approximate surface area is 141 Å². The van der Waals surface area contributed by atoms with Gasteiger partial charge in [-0.15, -0.1) is 0 Å². The lowest BCUT2D eigenvalue weighted by atomic mass is 9.92. The van der Waals surface area contributed by atoms with Crippen LogP contribution < -0.4 is 0 Å². The minimum atomic E-state index is 0.302. The summed E-state index contributed by atoms with van der Waals surface area (Å²) < 4.78 is 0. The lowest BCUT2D eigenvalue weighted by Gasteiger charge is -2.43. The number of rotatable bonds is 5. The zero-order valence-electron chi connectivity index (χ0n) is 14.4. The maximum Gasteiger partial charge on any atom is 0.0558 e. The van der Waals surface area contributed by atoms with Crippen LogP contribution in [0.25, 0.3) is 0 Å². The fourth-order valence-corrected chi connectivity index (χ4v) is 5.40. The van der Waals surface area contributed by atoms with Gasteiger partial charge >= 0.3 is 0 Å². The summed E-state index contributed by atoms with van der Waals surface area (Å²) in [5, 5.41) is 9.05. The Hall–Kier alpha value is -0.420. The van der Waals surface area contributed by atoms with Gasteiger partial charge in [0.2, 0.25) is 0 Å². The second-order valence-corrected chi connectivity index (χ2v) is 8.17. The first kappa shape index (κ1) is 16.1. The maximum absolute atomic E-state index is 9.05. The number of aliphatic hydroxyl groups is 1. The minimum Gasteiger partial charge on any atom is -0.395 e. The van der Waals surface area contributed by atoms with Gasteiger partial charge in [-0.1, -0.05) is 12.2 Å². The highest BCUT2D eigenvalue weighted by Gasteiger charge is 2.37. The van der Waals surface area contributed by atoms with Crippen molar-refractivity contribution in [3.05, 3.63) is 12.2 Å². The van der Waals surface area contributed by atoms with E-state index in [0.717, 1.165) is 43.4 Å². The van der Waals surface area contributed by atoms with Gasteiger partial charge in [-0.3, -0.25) is 9.80 Å². The average molecular weight is 319 g/mol. The molecule has 4 heteroatoms. The van der Waals surface area contributed by atoms with Crippen LogP contribution in [0.2, 0.25) is 0 Å². The molecule has 2 bridgehead atoms. The second kappa shape index (κ2) is 7.22. The van der Waals surface area contributed by atoms with Crippen LogP contribution in [0.4, 0.5) is 0 Å². The summed E-state index contributed by atoms with van der Waals surface area (Å²) in [6, 6.07) is 0.808. The monoisotopic (exact) mass is 319 g/mol. The Bertz CT molecular complexity index is 411. The van der Waals surface area contributed by atoms with Crippen molar-refractivity contribution in [3.63, 3.8) is 0 Å². The molecule has 3 atom stereocenters. The number of hydrogen-bond acceptors (Lipinski definition) is 4. The second-order valence-electron chi connectivity index (χ2n) is 8.17. The Morgan fingerprint density at radius 1 is 0.870 bits per heavy atom. The predicted octanol–water partition coefficient (Wildman–Crippen LogP) is 1.27. The molecule has 3 fully saturated rings. The van der Waals surface area contributed by atoms with E-state index >= 15 is 0 Å². The van der Waals surface area contributed by atoms with Gasteiger partial charge in [0.25, 0.3) is 0 Å². The summed E-state index contributed by atoms with van der Waals surface area (Å²) in [7, 11) is 0. The molecule has 0 radical (unpaired) electrons. The fraction of sp³-hybridized carbons (Fsp3) is 0.895. The first-order valence-corrected chi connectivity index (χ1v) is 9.80. The lowest BCUT2D eigenvalue weighted by Crippen LogP contribution is -2.53. The van der Waals surface area contributed by atoms with Crippen LogP contribution in [0, 0.1) is 17.8 Å². The molecule has 4 aliphatic rings. The van der Waals surface area contributed by atoms with Gasteiger partial charge in [0.15, 0.2) is 0 Å². The number of piperazine rings is 1. The number of β-amino-alcohol motifs (C(OH)–C–C–N with tert-alkyl or cyclic N) is 1. The minimum absolute atomic E-state index is 0.302. The average Bonchev–Trinajstić information content (AvgIpc) is 3.20. The van der Waals surface area contributed by atoms with Gasteiger partial charge < -0.3 is 10.0 Å². The molecule has 0 amide bonds. The molecule has 130 valence electrons. The van der Waals surface area contributed by atoms with Crippen LogP contribution in [-0.4, -0.2) is 84.8 Å². The molecule has 0 aromatic carbocycles. The van der Waals surface area contributed by atoms with E-state index < -0.39 is 0 Å². The molecular weight excluding hydrogens is 286 g/mol. The SMILES string of the molecule is OCCN1CCN(C2CCN(CC3CC4C=CC3C4)CC2)CC1. The van der Waals surface area contributed by atoms with Crippen LogP contribution >= 0.6 is 0 Å². The van der Waals surface area contributed by atoms with E-state index in [4.69, 9.17) is 5.11 Å². The zero-order valence-corrected chi connectivity index (χ0v) is 14.4. The molecule has 0 aromatic rings. The molecule has 4 rings (SSSR count). The molecule has 1 saturated carbocycles. The first-order valence-electron chi connectivity index (χ1n) is 9.80. The molecule has 2 heterocycles. The standard InChI is InChI=1S/C19H33N3O/c23-12-11-20-7-9-22(10-8-20)19-3-5-21(6-4-19)15-18-14-16-1-2-17(18)13-16/h1-2,16-19,23H,3-15H2. The van der Waals surface area contributed by atoms with Crippen LogP contribution in [0.15, 0.2) is 12.2 Å². The number of piperidine rings is 1. The largest absolute Gasteiger partial charge is 0.395 e. The van der Waals surface area contributed by atoms with Crippen molar-refractivity contribution in [2.45, 2.75) is 31.7 Å². The van der Waals surface area contributed by atoms with Crippen molar-refractivity contribution < 1.29 is 5.11 Å². The van der Waals surface area contributed by atoms with Gasteiger partial charge in [0.1, 0.15) is 0 Å². The molecule has 2 saturated heterocycles. The summed E-state index contributed by atoms with van der Waals surface area (Å²) in [5.41, 5.74) is 0. The van der Waals surface area contributed by atoms with Gasteiger partial charge in [-0.25, -0.2) is 0 Å². The zero-order chi connectivity index (χ0) is 15.6. The van der Waals surface area contributed by atoms with E-state index in [1.54, 1.807) is 0 Å². The van der Waals surface area contributed by atoms with Gasteiger partial charge in [0, 0.05) is 45.3 Å². The van der Waals surface area contributed by atoms with Crippen molar-refractivity contribution >= 4 is 0 Å². The molecule has 4 nitrogen and oxygen atoms in total. The van der Waals surface area contributed by atoms with Crippen LogP contribution in [0.1, 0.15) is 25.7 Å². The van der Waals surface area contributed by atoms with Gasteiger partial charge in [-0.2, -0.15) is 0 Å². The van der Waals surface area contributed by atoms with Crippen molar-refractivity contribution in [2.24, 2.45) is 17.8 Å². The number of fused-ring (bicyclic) bond motifs is 2. The molecule has 23 heavy (non-hydrogen) atoms. The van der Waals surface area contributed by atoms with Crippen LogP contribution in [0.3, 0.4) is 0 Å². The third-order valence-corrected chi connectivity index (χ3v) is 6.81. The van der Waals surface area contributed by atoms with Crippen LogP contribution in [0.5, 0.6) is 0 Å². The summed E-state index contributed by atoms with van der Waals surface area (Å²) in [4.78, 5) is 7.86. The van der Waals surface area contributed by atoms with Crippen molar-refractivity contribution in [1.29, 1.82) is 0 Å². The number of nitrogens with zero attached hydrogens (tertiary/aromatic N) is 3. The summed E-state index contributed by atoms with van der Waals surface area (Å²) >= 11 is 0.